The van der Waals surface area contributed by atoms with E-state index < -0.39 is 0 Å². The first-order chi connectivity index (χ1) is 9.74. The second-order valence-electron chi connectivity index (χ2n) is 5.40. The van der Waals surface area contributed by atoms with Crippen molar-refractivity contribution in [3.05, 3.63) is 40.3 Å². The molecule has 3 heterocycles. The van der Waals surface area contributed by atoms with Crippen molar-refractivity contribution in [2.45, 2.75) is 38.8 Å². The molecule has 106 valence electrons. The summed E-state index contributed by atoms with van der Waals surface area (Å²) in [6.07, 6.45) is 7.27. The molecule has 1 atom stereocenters. The third-order valence-electron chi connectivity index (χ3n) is 3.82. The Balaban J connectivity index is 1.75. The predicted molar refractivity (Wildman–Crippen MR) is 80.0 cm³/mol. The number of hydrogen-bond donors (Lipinski definition) is 0. The van der Waals surface area contributed by atoms with Crippen LogP contribution in [0.4, 0.5) is 0 Å². The fraction of sp³-hybridized carbons (Fsp3) is 0.467. The molecule has 1 fully saturated rings. The Labute approximate surface area is 123 Å². The monoisotopic (exact) mass is 289 g/mol. The summed E-state index contributed by atoms with van der Waals surface area (Å²) >= 11 is 1.58. The lowest BCUT2D eigenvalue weighted by molar-refractivity contribution is 0.0584. The molecular weight excluding hydrogens is 270 g/mol. The second kappa shape index (κ2) is 5.79. The first kappa shape index (κ1) is 13.4. The summed E-state index contributed by atoms with van der Waals surface area (Å²) in [7, 11) is 0. The van der Waals surface area contributed by atoms with Crippen molar-refractivity contribution in [1.82, 2.24) is 14.7 Å². The van der Waals surface area contributed by atoms with Gasteiger partial charge in [-0.15, -0.1) is 0 Å². The third-order valence-corrected chi connectivity index (χ3v) is 4.50. The van der Waals surface area contributed by atoms with Gasteiger partial charge in [-0.25, -0.2) is 0 Å². The molecule has 5 heteroatoms. The molecule has 0 aliphatic carbocycles. The number of piperidine rings is 1. The van der Waals surface area contributed by atoms with Gasteiger partial charge in [0.1, 0.15) is 0 Å². The predicted octanol–water partition coefficient (Wildman–Crippen LogP) is 2.95. The molecule has 1 saturated heterocycles. The molecule has 4 nitrogen and oxygen atoms in total. The van der Waals surface area contributed by atoms with E-state index in [0.717, 1.165) is 37.1 Å². The molecule has 1 amide bonds. The normalized spacial score (nSPS) is 19.2. The second-order valence-corrected chi connectivity index (χ2v) is 6.18. The van der Waals surface area contributed by atoms with Gasteiger partial charge in [0.05, 0.1) is 24.3 Å². The quantitative estimate of drug-likeness (QED) is 0.871. The van der Waals surface area contributed by atoms with Gasteiger partial charge in [0, 0.05) is 18.1 Å². The van der Waals surface area contributed by atoms with Gasteiger partial charge in [0.25, 0.3) is 5.91 Å². The number of carbonyl (C=O) groups excluding carboxylic acids is 1. The van der Waals surface area contributed by atoms with Crippen LogP contribution in [0.25, 0.3) is 0 Å². The third kappa shape index (κ3) is 2.77. The highest BCUT2D eigenvalue weighted by Gasteiger charge is 2.28. The zero-order valence-electron chi connectivity index (χ0n) is 11.7. The van der Waals surface area contributed by atoms with Gasteiger partial charge >= 0.3 is 0 Å². The average molecular weight is 289 g/mol. The minimum Gasteiger partial charge on any atom is -0.334 e. The number of thiophene rings is 1. The van der Waals surface area contributed by atoms with Crippen molar-refractivity contribution in [3.8, 4) is 0 Å². The lowest BCUT2D eigenvalue weighted by Crippen LogP contribution is -2.45. The highest BCUT2D eigenvalue weighted by atomic mass is 32.1. The van der Waals surface area contributed by atoms with Gasteiger partial charge in [-0.3, -0.25) is 9.48 Å². The first-order valence-electron chi connectivity index (χ1n) is 7.06. The summed E-state index contributed by atoms with van der Waals surface area (Å²) in [5.41, 5.74) is 1.98. The summed E-state index contributed by atoms with van der Waals surface area (Å²) in [4.78, 5) is 14.6. The number of hydrogen-bond acceptors (Lipinski definition) is 3. The molecule has 20 heavy (non-hydrogen) atoms. The Morgan fingerprint density at radius 1 is 1.50 bits per heavy atom. The minimum atomic E-state index is 0.167. The smallest absolute Gasteiger partial charge is 0.255 e. The lowest BCUT2D eigenvalue weighted by atomic mass is 10.0. The Morgan fingerprint density at radius 3 is 3.10 bits per heavy atom. The molecular formula is C15H19N3OS. The maximum Gasteiger partial charge on any atom is 0.255 e. The summed E-state index contributed by atoms with van der Waals surface area (Å²) in [6, 6.07) is 2.17. The lowest BCUT2D eigenvalue weighted by Gasteiger charge is -2.35. The van der Waals surface area contributed by atoms with Crippen LogP contribution in [-0.2, 0) is 6.54 Å². The summed E-state index contributed by atoms with van der Waals surface area (Å²) in [5.74, 6) is 0.167. The molecule has 0 unspecified atom stereocenters. The molecule has 0 N–H and O–H groups in total. The van der Waals surface area contributed by atoms with E-state index in [4.69, 9.17) is 0 Å². The van der Waals surface area contributed by atoms with E-state index in [9.17, 15) is 4.79 Å². The molecule has 0 radical (unpaired) electrons. The number of aromatic nitrogens is 2. The topological polar surface area (TPSA) is 38.1 Å². The van der Waals surface area contributed by atoms with Crippen LogP contribution in [0, 0.1) is 6.92 Å². The molecule has 2 aromatic rings. The van der Waals surface area contributed by atoms with Gasteiger partial charge in [0.15, 0.2) is 0 Å². The van der Waals surface area contributed by atoms with Crippen LogP contribution in [0.15, 0.2) is 29.2 Å². The molecule has 2 aromatic heterocycles. The van der Waals surface area contributed by atoms with E-state index in [1.165, 1.54) is 6.42 Å². The maximum absolute atomic E-state index is 12.6. The standard InChI is InChI=1S/C15H19N3OS/c1-12-8-16-17(9-12)10-14-4-2-3-6-18(14)15(19)13-5-7-20-11-13/h5,7-9,11,14H,2-4,6,10H2,1H3/t14-/m1/s1. The minimum absolute atomic E-state index is 0.167. The first-order valence-corrected chi connectivity index (χ1v) is 8.00. The number of rotatable bonds is 3. The van der Waals surface area contributed by atoms with Crippen molar-refractivity contribution >= 4 is 17.2 Å². The van der Waals surface area contributed by atoms with E-state index in [2.05, 4.69) is 5.10 Å². The molecule has 0 spiro atoms. The Hall–Kier alpha value is -1.62. The van der Waals surface area contributed by atoms with Crippen LogP contribution in [0.3, 0.4) is 0 Å². The van der Waals surface area contributed by atoms with Crippen molar-refractivity contribution < 1.29 is 4.79 Å². The fourth-order valence-corrected chi connectivity index (χ4v) is 3.42. The Kier molecular flexibility index (Phi) is 3.87. The molecule has 0 aromatic carbocycles. The van der Waals surface area contributed by atoms with Crippen LogP contribution >= 0.6 is 11.3 Å². The zero-order chi connectivity index (χ0) is 13.9. The van der Waals surface area contributed by atoms with Crippen LogP contribution in [0.2, 0.25) is 0 Å². The van der Waals surface area contributed by atoms with Crippen LogP contribution in [0.5, 0.6) is 0 Å². The molecule has 3 rings (SSSR count). The van der Waals surface area contributed by atoms with Gasteiger partial charge in [-0.05, 0) is 43.2 Å². The van der Waals surface area contributed by atoms with Crippen molar-refractivity contribution in [3.63, 3.8) is 0 Å². The molecule has 0 bridgehead atoms. The number of likely N-dealkylation sites (tertiary alicyclic amines) is 1. The largest absolute Gasteiger partial charge is 0.334 e. The van der Waals surface area contributed by atoms with Crippen LogP contribution in [-0.4, -0.2) is 33.2 Å². The Bertz CT molecular complexity index is 576. The molecule has 1 aliphatic rings. The SMILES string of the molecule is Cc1cnn(C[C@H]2CCCCN2C(=O)c2ccsc2)c1. The van der Waals surface area contributed by atoms with Gasteiger partial charge in [-0.1, -0.05) is 0 Å². The highest BCUT2D eigenvalue weighted by Crippen LogP contribution is 2.22. The van der Waals surface area contributed by atoms with Gasteiger partial charge in [-0.2, -0.15) is 16.4 Å². The fourth-order valence-electron chi connectivity index (χ4n) is 2.79. The van der Waals surface area contributed by atoms with Crippen molar-refractivity contribution in [2.24, 2.45) is 0 Å². The van der Waals surface area contributed by atoms with Crippen molar-refractivity contribution in [1.29, 1.82) is 0 Å². The number of carbonyl (C=O) groups is 1. The van der Waals surface area contributed by atoms with Crippen LogP contribution in [0.1, 0.15) is 35.2 Å². The summed E-state index contributed by atoms with van der Waals surface area (Å²) in [5, 5.41) is 8.25. The van der Waals surface area contributed by atoms with Crippen LogP contribution < -0.4 is 0 Å². The van der Waals surface area contributed by atoms with Gasteiger partial charge < -0.3 is 4.90 Å². The maximum atomic E-state index is 12.6. The highest BCUT2D eigenvalue weighted by molar-refractivity contribution is 7.08. The van der Waals surface area contributed by atoms with E-state index in [1.54, 1.807) is 11.3 Å². The number of nitrogens with zero attached hydrogens (tertiary/aromatic N) is 3. The van der Waals surface area contributed by atoms with Gasteiger partial charge in [0.2, 0.25) is 0 Å². The number of aryl methyl sites for hydroxylation is 1. The van der Waals surface area contributed by atoms with Crippen molar-refractivity contribution in [2.75, 3.05) is 6.54 Å². The molecule has 0 saturated carbocycles. The summed E-state index contributed by atoms with van der Waals surface area (Å²) < 4.78 is 1.96. The number of amides is 1. The average Bonchev–Trinajstić information content (AvgIpc) is 3.10. The summed E-state index contributed by atoms with van der Waals surface area (Å²) in [6.45, 7) is 3.70. The van der Waals surface area contributed by atoms with E-state index in [0.29, 0.717) is 0 Å². The Morgan fingerprint density at radius 2 is 2.40 bits per heavy atom. The molecule has 1 aliphatic heterocycles. The zero-order valence-corrected chi connectivity index (χ0v) is 12.5. The van der Waals surface area contributed by atoms with E-state index in [1.807, 2.05) is 45.7 Å². The van der Waals surface area contributed by atoms with E-state index >= 15 is 0 Å². The van der Waals surface area contributed by atoms with E-state index in [-0.39, 0.29) is 11.9 Å².